The van der Waals surface area contributed by atoms with E-state index in [1.54, 1.807) is 18.2 Å². The van der Waals surface area contributed by atoms with Gasteiger partial charge in [-0.2, -0.15) is 0 Å². The molecule has 1 amide bonds. The van der Waals surface area contributed by atoms with Crippen molar-refractivity contribution in [3.63, 3.8) is 0 Å². The van der Waals surface area contributed by atoms with Crippen LogP contribution in [0, 0.1) is 35.0 Å². The molecule has 286 valence electrons. The molecule has 7 nitrogen and oxygen atoms in total. The van der Waals surface area contributed by atoms with Crippen molar-refractivity contribution in [3.05, 3.63) is 130 Å². The Hall–Kier alpha value is -4.20. The SMILES string of the molecule is C[C@@H]1[C@H](CN2CCC[C@H]2CN2CCCC2)O[C@H](c2ccc(-c3cccc(CNC(=O)c4c(F)c(F)c(F)c(F)c4F)c3)cc2)O[C@@H]1c1ccc(CO)cc1. The molecule has 0 saturated carbocycles. The fourth-order valence-corrected chi connectivity index (χ4v) is 7.93. The third kappa shape index (κ3) is 8.08. The van der Waals surface area contributed by atoms with Gasteiger partial charge in [0, 0.05) is 37.2 Å². The molecule has 3 aliphatic rings. The minimum Gasteiger partial charge on any atom is -0.392 e. The third-order valence-corrected chi connectivity index (χ3v) is 11.0. The molecule has 5 atom stereocenters. The monoisotopic (exact) mass is 749 g/mol. The van der Waals surface area contributed by atoms with Crippen LogP contribution in [0.2, 0.25) is 0 Å². The number of rotatable bonds is 11. The van der Waals surface area contributed by atoms with Crippen molar-refractivity contribution in [2.75, 3.05) is 32.7 Å². The van der Waals surface area contributed by atoms with Gasteiger partial charge in [-0.3, -0.25) is 9.69 Å². The second-order valence-electron chi connectivity index (χ2n) is 14.6. The number of benzene rings is 4. The number of amides is 1. The van der Waals surface area contributed by atoms with Crippen LogP contribution >= 0.6 is 0 Å². The lowest BCUT2D eigenvalue weighted by atomic mass is 9.89. The normalized spacial score (nSPS) is 23.6. The summed E-state index contributed by atoms with van der Waals surface area (Å²) in [7, 11) is 0. The first kappa shape index (κ1) is 38.1. The highest BCUT2D eigenvalue weighted by molar-refractivity contribution is 5.94. The molecule has 4 aromatic rings. The van der Waals surface area contributed by atoms with Gasteiger partial charge >= 0.3 is 0 Å². The quantitative estimate of drug-likeness (QED) is 0.0926. The standard InChI is InChI=1S/C42H44F5N3O4/c1-25-33(23-50-19-5-8-32(50)22-49-17-2-3-18-49)53-42(54-40(25)29-11-9-26(24-51)10-12-29)30-15-13-28(14-16-30)31-7-4-6-27(20-31)21-48-41(52)34-35(43)37(45)39(47)38(46)36(34)44/h4,6-7,9-16,20,25,32-33,40,42,51H,2-3,5,8,17-19,21-24H2,1H3,(H,48,52)/t25-,32+,33+,40+,42+/m1/s1. The average Bonchev–Trinajstić information content (AvgIpc) is 3.89. The molecule has 3 aliphatic heterocycles. The number of carbonyl (C=O) groups is 1. The first-order valence-corrected chi connectivity index (χ1v) is 18.6. The highest BCUT2D eigenvalue weighted by Crippen LogP contribution is 2.42. The molecule has 12 heteroatoms. The van der Waals surface area contributed by atoms with E-state index in [1.807, 2.05) is 54.6 Å². The molecule has 3 heterocycles. The molecule has 54 heavy (non-hydrogen) atoms. The molecule has 3 saturated heterocycles. The van der Waals surface area contributed by atoms with Crippen LogP contribution < -0.4 is 5.32 Å². The van der Waals surface area contributed by atoms with Gasteiger partial charge in [-0.25, -0.2) is 22.0 Å². The maximum Gasteiger partial charge on any atom is 0.257 e. The van der Waals surface area contributed by atoms with Crippen LogP contribution in [0.15, 0.2) is 72.8 Å². The molecule has 4 aromatic carbocycles. The molecule has 0 aliphatic carbocycles. The van der Waals surface area contributed by atoms with Crippen LogP contribution in [0.25, 0.3) is 11.1 Å². The van der Waals surface area contributed by atoms with Crippen LogP contribution in [0.5, 0.6) is 0 Å². The van der Waals surface area contributed by atoms with E-state index in [0.29, 0.717) is 11.6 Å². The fraction of sp³-hybridized carbons (Fsp3) is 0.405. The van der Waals surface area contributed by atoms with E-state index in [9.17, 15) is 31.9 Å². The van der Waals surface area contributed by atoms with Gasteiger partial charge < -0.3 is 24.8 Å². The molecule has 2 N–H and O–H groups in total. The van der Waals surface area contributed by atoms with E-state index in [-0.39, 0.29) is 31.3 Å². The molecule has 0 unspecified atom stereocenters. The molecule has 0 spiro atoms. The van der Waals surface area contributed by atoms with Gasteiger partial charge in [-0.05, 0) is 79.2 Å². The third-order valence-electron chi connectivity index (χ3n) is 11.0. The number of aliphatic hydroxyl groups excluding tert-OH is 1. The van der Waals surface area contributed by atoms with Crippen LogP contribution in [-0.4, -0.2) is 65.7 Å². The minimum absolute atomic E-state index is 0.0363. The topological polar surface area (TPSA) is 74.3 Å². The van der Waals surface area contributed by atoms with Crippen molar-refractivity contribution < 1.29 is 41.3 Å². The first-order chi connectivity index (χ1) is 26.1. The molecule has 0 radical (unpaired) electrons. The Balaban J connectivity index is 1.07. The summed E-state index contributed by atoms with van der Waals surface area (Å²) >= 11 is 0. The summed E-state index contributed by atoms with van der Waals surface area (Å²) in [6, 6.07) is 23.2. The van der Waals surface area contributed by atoms with Crippen LogP contribution in [-0.2, 0) is 22.6 Å². The van der Waals surface area contributed by atoms with Crippen molar-refractivity contribution in [1.29, 1.82) is 0 Å². The number of hydrogen-bond donors (Lipinski definition) is 2. The van der Waals surface area contributed by atoms with E-state index < -0.39 is 46.8 Å². The summed E-state index contributed by atoms with van der Waals surface area (Å²) in [4.78, 5) is 17.7. The van der Waals surface area contributed by atoms with Gasteiger partial charge in [-0.1, -0.05) is 73.7 Å². The Bertz CT molecular complexity index is 1910. The van der Waals surface area contributed by atoms with E-state index in [0.717, 1.165) is 47.5 Å². The number of nitrogens with zero attached hydrogens (tertiary/aromatic N) is 2. The summed E-state index contributed by atoms with van der Waals surface area (Å²) in [5.41, 5.74) is 3.32. The molecule has 0 aromatic heterocycles. The zero-order valence-electron chi connectivity index (χ0n) is 30.0. The van der Waals surface area contributed by atoms with Crippen molar-refractivity contribution in [2.45, 2.75) is 70.3 Å². The Morgan fingerprint density at radius 2 is 1.43 bits per heavy atom. The number of hydrogen-bond acceptors (Lipinski definition) is 6. The van der Waals surface area contributed by atoms with Crippen molar-refractivity contribution in [1.82, 2.24) is 15.1 Å². The van der Waals surface area contributed by atoms with Crippen LogP contribution in [0.1, 0.15) is 77.6 Å². The largest absolute Gasteiger partial charge is 0.392 e. The van der Waals surface area contributed by atoms with E-state index in [1.165, 1.54) is 38.8 Å². The Morgan fingerprint density at radius 3 is 2.11 bits per heavy atom. The summed E-state index contributed by atoms with van der Waals surface area (Å²) in [6.45, 7) is 7.20. The molecular formula is C42H44F5N3O4. The predicted octanol–water partition coefficient (Wildman–Crippen LogP) is 7.82. The predicted molar refractivity (Wildman–Crippen MR) is 193 cm³/mol. The summed E-state index contributed by atoms with van der Waals surface area (Å²) in [5, 5.41) is 11.9. The lowest BCUT2D eigenvalue weighted by molar-refractivity contribution is -0.276. The molecule has 7 rings (SSSR count). The second kappa shape index (κ2) is 16.7. The van der Waals surface area contributed by atoms with E-state index >= 15 is 0 Å². The van der Waals surface area contributed by atoms with Gasteiger partial charge in [0.1, 0.15) is 5.56 Å². The highest BCUT2D eigenvalue weighted by atomic mass is 19.2. The Kier molecular flexibility index (Phi) is 11.8. The Morgan fingerprint density at radius 1 is 0.759 bits per heavy atom. The highest BCUT2D eigenvalue weighted by Gasteiger charge is 2.41. The second-order valence-corrected chi connectivity index (χ2v) is 14.6. The molecule has 3 fully saturated rings. The van der Waals surface area contributed by atoms with Gasteiger partial charge in [0.05, 0.1) is 18.8 Å². The molecular weight excluding hydrogens is 705 g/mol. The van der Waals surface area contributed by atoms with Crippen molar-refractivity contribution in [3.8, 4) is 11.1 Å². The maximum absolute atomic E-state index is 14.2. The minimum atomic E-state index is -2.33. The average molecular weight is 750 g/mol. The van der Waals surface area contributed by atoms with Gasteiger partial charge in [0.15, 0.2) is 29.6 Å². The van der Waals surface area contributed by atoms with Crippen LogP contribution in [0.3, 0.4) is 0 Å². The van der Waals surface area contributed by atoms with Gasteiger partial charge in [0.25, 0.3) is 5.91 Å². The summed E-state index contributed by atoms with van der Waals surface area (Å²) in [6.07, 6.45) is 3.92. The number of likely N-dealkylation sites (tertiary alicyclic amines) is 2. The number of aliphatic hydroxyl groups is 1. The summed E-state index contributed by atoms with van der Waals surface area (Å²) < 4.78 is 82.6. The number of ether oxygens (including phenoxy) is 2. The Labute approximate surface area is 311 Å². The first-order valence-electron chi connectivity index (χ1n) is 18.6. The lowest BCUT2D eigenvalue weighted by Crippen LogP contribution is -2.48. The number of halogens is 5. The van der Waals surface area contributed by atoms with Crippen molar-refractivity contribution >= 4 is 5.91 Å². The fourth-order valence-electron chi connectivity index (χ4n) is 7.93. The van der Waals surface area contributed by atoms with E-state index in [2.05, 4.69) is 22.0 Å². The maximum atomic E-state index is 14.2. The number of carbonyl (C=O) groups excluding carboxylic acids is 1. The smallest absolute Gasteiger partial charge is 0.257 e. The zero-order chi connectivity index (χ0) is 37.9. The van der Waals surface area contributed by atoms with E-state index in [4.69, 9.17) is 9.47 Å². The van der Waals surface area contributed by atoms with Gasteiger partial charge in [-0.15, -0.1) is 0 Å². The van der Waals surface area contributed by atoms with Gasteiger partial charge in [0.2, 0.25) is 5.82 Å². The lowest BCUT2D eigenvalue weighted by Gasteiger charge is -2.43. The number of nitrogens with one attached hydrogen (secondary N) is 1. The summed E-state index contributed by atoms with van der Waals surface area (Å²) in [5.74, 6) is -12.4. The zero-order valence-corrected chi connectivity index (χ0v) is 30.0. The van der Waals surface area contributed by atoms with Crippen molar-refractivity contribution in [2.24, 2.45) is 5.92 Å². The molecule has 0 bridgehead atoms. The van der Waals surface area contributed by atoms with Crippen LogP contribution in [0.4, 0.5) is 22.0 Å².